The molecule has 1 aromatic carbocycles. The number of methoxy groups -OCH3 is 1. The van der Waals surface area contributed by atoms with Gasteiger partial charge in [0.05, 0.1) is 13.2 Å². The fraction of sp³-hybridized carbons (Fsp3) is 0.611. The van der Waals surface area contributed by atoms with Gasteiger partial charge in [-0.15, -0.1) is 0 Å². The summed E-state index contributed by atoms with van der Waals surface area (Å²) in [6.45, 7) is 6.37. The van der Waals surface area contributed by atoms with Crippen LogP contribution in [0.5, 0.6) is 5.75 Å². The first-order chi connectivity index (χ1) is 11.0. The fourth-order valence-corrected chi connectivity index (χ4v) is 2.58. The number of carbonyl (C=O) groups is 1. The van der Waals surface area contributed by atoms with Gasteiger partial charge in [-0.1, -0.05) is 26.0 Å². The van der Waals surface area contributed by atoms with E-state index in [4.69, 9.17) is 4.74 Å². The molecular weight excluding hydrogens is 290 g/mol. The zero-order valence-electron chi connectivity index (χ0n) is 15.1. The predicted octanol–water partition coefficient (Wildman–Crippen LogP) is 3.13. The van der Waals surface area contributed by atoms with Gasteiger partial charge in [0, 0.05) is 19.6 Å². The Bertz CT molecular complexity index is 454. The Kier molecular flexibility index (Phi) is 8.48. The minimum absolute atomic E-state index is 0.0223. The fourth-order valence-electron chi connectivity index (χ4n) is 2.58. The molecule has 5 nitrogen and oxygen atoms in total. The summed E-state index contributed by atoms with van der Waals surface area (Å²) >= 11 is 0. The van der Waals surface area contributed by atoms with Crippen LogP contribution in [0.25, 0.3) is 0 Å². The Balaban J connectivity index is 2.70. The number of urea groups is 1. The van der Waals surface area contributed by atoms with Crippen LogP contribution in [0.4, 0.5) is 4.79 Å². The third kappa shape index (κ3) is 6.10. The van der Waals surface area contributed by atoms with Gasteiger partial charge >= 0.3 is 6.03 Å². The van der Waals surface area contributed by atoms with Gasteiger partial charge in [0.25, 0.3) is 0 Å². The lowest BCUT2D eigenvalue weighted by Gasteiger charge is -2.28. The minimum Gasteiger partial charge on any atom is -0.497 e. The molecular formula is C18H31N3O2. The number of nitrogens with one attached hydrogen (secondary N) is 1. The lowest BCUT2D eigenvalue weighted by Crippen LogP contribution is -2.43. The molecule has 0 heterocycles. The molecule has 0 radical (unpaired) electrons. The van der Waals surface area contributed by atoms with Crippen molar-refractivity contribution in [3.05, 3.63) is 29.8 Å². The molecule has 0 fully saturated rings. The Morgan fingerprint density at radius 3 is 2.13 bits per heavy atom. The second kappa shape index (κ2) is 10.1. The molecule has 1 rings (SSSR count). The van der Waals surface area contributed by atoms with E-state index in [0.29, 0.717) is 6.54 Å². The summed E-state index contributed by atoms with van der Waals surface area (Å²) in [5.41, 5.74) is 1.16. The molecule has 0 bridgehead atoms. The van der Waals surface area contributed by atoms with Crippen molar-refractivity contribution in [1.29, 1.82) is 0 Å². The van der Waals surface area contributed by atoms with Crippen LogP contribution >= 0.6 is 0 Å². The van der Waals surface area contributed by atoms with E-state index in [2.05, 4.69) is 24.1 Å². The summed E-state index contributed by atoms with van der Waals surface area (Å²) in [4.78, 5) is 16.4. The van der Waals surface area contributed by atoms with Gasteiger partial charge in [-0.25, -0.2) is 4.79 Å². The summed E-state index contributed by atoms with van der Waals surface area (Å²) in [7, 11) is 5.71. The molecule has 1 aromatic rings. The third-order valence-corrected chi connectivity index (χ3v) is 3.84. The average Bonchev–Trinajstić information content (AvgIpc) is 2.55. The number of likely N-dealkylation sites (N-methyl/N-ethyl adjacent to an activating group) is 1. The molecule has 1 atom stereocenters. The van der Waals surface area contributed by atoms with E-state index in [1.54, 1.807) is 7.11 Å². The van der Waals surface area contributed by atoms with Gasteiger partial charge in [-0.3, -0.25) is 0 Å². The van der Waals surface area contributed by atoms with Gasteiger partial charge in [0.1, 0.15) is 5.75 Å². The topological polar surface area (TPSA) is 44.8 Å². The molecule has 0 aliphatic carbocycles. The van der Waals surface area contributed by atoms with Gasteiger partial charge in [-0.2, -0.15) is 0 Å². The van der Waals surface area contributed by atoms with Crippen LogP contribution < -0.4 is 10.1 Å². The molecule has 0 saturated carbocycles. The van der Waals surface area contributed by atoms with Crippen LogP contribution in [0.1, 0.15) is 38.3 Å². The predicted molar refractivity (Wildman–Crippen MR) is 95.0 cm³/mol. The van der Waals surface area contributed by atoms with Crippen molar-refractivity contribution in [3.63, 3.8) is 0 Å². The van der Waals surface area contributed by atoms with E-state index in [0.717, 1.165) is 37.2 Å². The van der Waals surface area contributed by atoms with E-state index in [9.17, 15) is 4.79 Å². The second-order valence-corrected chi connectivity index (χ2v) is 5.93. The summed E-state index contributed by atoms with van der Waals surface area (Å²) in [5.74, 6) is 0.840. The number of hydrogen-bond acceptors (Lipinski definition) is 3. The maximum atomic E-state index is 12.4. The molecule has 23 heavy (non-hydrogen) atoms. The molecule has 0 aliphatic rings. The van der Waals surface area contributed by atoms with E-state index in [1.807, 2.05) is 43.3 Å². The number of amides is 2. The van der Waals surface area contributed by atoms with E-state index in [1.165, 1.54) is 0 Å². The molecule has 0 saturated heterocycles. The van der Waals surface area contributed by atoms with Crippen molar-refractivity contribution in [2.24, 2.45) is 0 Å². The Labute approximate surface area is 140 Å². The van der Waals surface area contributed by atoms with Crippen molar-refractivity contribution in [1.82, 2.24) is 15.1 Å². The normalized spacial score (nSPS) is 12.1. The Morgan fingerprint density at radius 2 is 1.70 bits per heavy atom. The molecule has 0 spiro atoms. The number of benzene rings is 1. The lowest BCUT2D eigenvalue weighted by atomic mass is 10.1. The van der Waals surface area contributed by atoms with Gasteiger partial charge < -0.3 is 19.9 Å². The number of hydrogen-bond donors (Lipinski definition) is 1. The number of ether oxygens (including phenoxy) is 1. The van der Waals surface area contributed by atoms with Gasteiger partial charge in [-0.05, 0) is 44.6 Å². The minimum atomic E-state index is 0.0223. The Hall–Kier alpha value is -1.75. The zero-order chi connectivity index (χ0) is 17.2. The van der Waals surface area contributed by atoms with Crippen LogP contribution in [-0.4, -0.2) is 56.7 Å². The van der Waals surface area contributed by atoms with Crippen LogP contribution in [0.15, 0.2) is 24.3 Å². The summed E-state index contributed by atoms with van der Waals surface area (Å²) in [6, 6.07) is 8.16. The average molecular weight is 321 g/mol. The molecule has 5 heteroatoms. The first kappa shape index (κ1) is 19.3. The SMILES string of the molecule is CCCN(CCC)C(=O)NCC(c1ccc(OC)cc1)N(C)C. The van der Waals surface area contributed by atoms with Crippen LogP contribution in [0, 0.1) is 0 Å². The van der Waals surface area contributed by atoms with Gasteiger partial charge in [0.2, 0.25) is 0 Å². The number of rotatable bonds is 9. The van der Waals surface area contributed by atoms with Crippen molar-refractivity contribution >= 4 is 6.03 Å². The highest BCUT2D eigenvalue weighted by Crippen LogP contribution is 2.20. The summed E-state index contributed by atoms with van der Waals surface area (Å²) in [5, 5.41) is 3.07. The van der Waals surface area contributed by atoms with Crippen molar-refractivity contribution in [2.75, 3.05) is 40.8 Å². The maximum Gasteiger partial charge on any atom is 0.317 e. The molecule has 1 N–H and O–H groups in total. The van der Waals surface area contributed by atoms with Crippen molar-refractivity contribution in [2.45, 2.75) is 32.7 Å². The molecule has 0 aliphatic heterocycles. The zero-order valence-corrected chi connectivity index (χ0v) is 15.1. The van der Waals surface area contributed by atoms with Crippen molar-refractivity contribution < 1.29 is 9.53 Å². The smallest absolute Gasteiger partial charge is 0.317 e. The maximum absolute atomic E-state index is 12.4. The number of carbonyl (C=O) groups excluding carboxylic acids is 1. The van der Waals surface area contributed by atoms with E-state index < -0.39 is 0 Å². The first-order valence-electron chi connectivity index (χ1n) is 8.36. The standard InChI is InChI=1S/C18H31N3O2/c1-6-12-21(13-7-2)18(22)19-14-17(20(3)4)15-8-10-16(23-5)11-9-15/h8-11,17H,6-7,12-14H2,1-5H3,(H,19,22). The van der Waals surface area contributed by atoms with Crippen molar-refractivity contribution in [3.8, 4) is 5.75 Å². The van der Waals surface area contributed by atoms with Crippen LogP contribution in [0.3, 0.4) is 0 Å². The van der Waals surface area contributed by atoms with Crippen LogP contribution in [-0.2, 0) is 0 Å². The number of nitrogens with zero attached hydrogens (tertiary/aromatic N) is 2. The highest BCUT2D eigenvalue weighted by molar-refractivity contribution is 5.74. The lowest BCUT2D eigenvalue weighted by molar-refractivity contribution is 0.192. The highest BCUT2D eigenvalue weighted by Gasteiger charge is 2.17. The summed E-state index contributed by atoms with van der Waals surface area (Å²) in [6.07, 6.45) is 1.95. The summed E-state index contributed by atoms with van der Waals surface area (Å²) < 4.78 is 5.20. The van der Waals surface area contributed by atoms with E-state index >= 15 is 0 Å². The quantitative estimate of drug-likeness (QED) is 0.760. The molecule has 130 valence electrons. The first-order valence-corrected chi connectivity index (χ1v) is 8.36. The largest absolute Gasteiger partial charge is 0.497 e. The second-order valence-electron chi connectivity index (χ2n) is 5.93. The highest BCUT2D eigenvalue weighted by atomic mass is 16.5. The van der Waals surface area contributed by atoms with Crippen LogP contribution in [0.2, 0.25) is 0 Å². The molecule has 1 unspecified atom stereocenters. The van der Waals surface area contributed by atoms with E-state index in [-0.39, 0.29) is 12.1 Å². The van der Waals surface area contributed by atoms with Gasteiger partial charge in [0.15, 0.2) is 0 Å². The molecule has 2 amide bonds. The molecule has 0 aromatic heterocycles. The monoisotopic (exact) mass is 321 g/mol. The third-order valence-electron chi connectivity index (χ3n) is 3.84. The Morgan fingerprint density at radius 1 is 1.13 bits per heavy atom.